The molecule has 1 aromatic heterocycles. The lowest BCUT2D eigenvalue weighted by Gasteiger charge is -2.10. The van der Waals surface area contributed by atoms with E-state index in [1.54, 1.807) is 19.1 Å². The number of hydrogen-bond donors (Lipinski definition) is 2. The number of rotatable bonds is 5. The summed E-state index contributed by atoms with van der Waals surface area (Å²) < 4.78 is 5.31. The predicted molar refractivity (Wildman–Crippen MR) is 100 cm³/mol. The van der Waals surface area contributed by atoms with Gasteiger partial charge in [-0.1, -0.05) is 30.3 Å². The topological polar surface area (TPSA) is 79.5 Å². The summed E-state index contributed by atoms with van der Waals surface area (Å²) >= 11 is 0. The summed E-state index contributed by atoms with van der Waals surface area (Å²) in [6, 6.07) is 13.2. The largest absolute Gasteiger partial charge is 0.507 e. The fourth-order valence-electron chi connectivity index (χ4n) is 3.08. The highest BCUT2D eigenvalue weighted by Gasteiger charge is 2.17. The van der Waals surface area contributed by atoms with Gasteiger partial charge in [-0.2, -0.15) is 0 Å². The molecule has 26 heavy (non-hydrogen) atoms. The summed E-state index contributed by atoms with van der Waals surface area (Å²) in [5.74, 6) is -0.200. The highest BCUT2D eigenvalue weighted by atomic mass is 16.4. The van der Waals surface area contributed by atoms with Crippen molar-refractivity contribution in [3.05, 3.63) is 75.1 Å². The molecule has 0 saturated carbocycles. The van der Waals surface area contributed by atoms with E-state index in [-0.39, 0.29) is 23.6 Å². The Hall–Kier alpha value is -3.08. The summed E-state index contributed by atoms with van der Waals surface area (Å²) in [5.41, 5.74) is 2.57. The Kier molecular flexibility index (Phi) is 5.07. The summed E-state index contributed by atoms with van der Waals surface area (Å²) in [4.78, 5) is 24.5. The van der Waals surface area contributed by atoms with Crippen LogP contribution < -0.4 is 10.9 Å². The first kappa shape index (κ1) is 17.7. The van der Waals surface area contributed by atoms with Crippen LogP contribution in [-0.2, 0) is 17.6 Å². The number of nitrogens with one attached hydrogen (secondary N) is 1. The molecule has 0 saturated heterocycles. The van der Waals surface area contributed by atoms with E-state index in [1.807, 2.05) is 37.3 Å². The Balaban J connectivity index is 1.76. The molecule has 1 amide bonds. The van der Waals surface area contributed by atoms with Gasteiger partial charge in [-0.25, -0.2) is 4.79 Å². The lowest BCUT2D eigenvalue weighted by Crippen LogP contribution is -2.29. The van der Waals surface area contributed by atoms with Crippen molar-refractivity contribution in [2.24, 2.45) is 0 Å². The first-order valence-electron chi connectivity index (χ1n) is 8.52. The fraction of sp³-hybridized carbons (Fsp3) is 0.238. The summed E-state index contributed by atoms with van der Waals surface area (Å²) in [6.07, 6.45) is 0.643. The van der Waals surface area contributed by atoms with Gasteiger partial charge in [0, 0.05) is 6.54 Å². The second-order valence-electron chi connectivity index (χ2n) is 6.41. The van der Waals surface area contributed by atoms with E-state index in [0.29, 0.717) is 23.1 Å². The highest BCUT2D eigenvalue weighted by Crippen LogP contribution is 2.29. The molecule has 0 aliphatic heterocycles. The first-order valence-corrected chi connectivity index (χ1v) is 8.52. The summed E-state index contributed by atoms with van der Waals surface area (Å²) in [7, 11) is 0. The minimum Gasteiger partial charge on any atom is -0.507 e. The Bertz CT molecular complexity index is 1010. The predicted octanol–water partition coefficient (Wildman–Crippen LogP) is 3.02. The molecule has 134 valence electrons. The van der Waals surface area contributed by atoms with Crippen LogP contribution in [0.5, 0.6) is 5.75 Å². The number of amides is 1. The average Bonchev–Trinajstić information content (AvgIpc) is 2.58. The van der Waals surface area contributed by atoms with Crippen LogP contribution in [0.3, 0.4) is 0 Å². The Labute approximate surface area is 151 Å². The molecule has 2 aromatic carbocycles. The third-order valence-electron chi connectivity index (χ3n) is 4.42. The Morgan fingerprint density at radius 3 is 2.62 bits per heavy atom. The van der Waals surface area contributed by atoms with Gasteiger partial charge >= 0.3 is 5.63 Å². The molecular formula is C21H21NO4. The molecule has 3 rings (SSSR count). The zero-order chi connectivity index (χ0) is 18.7. The SMILES string of the molecule is Cc1cc(O)c2c(C)c(CC(=O)NCCc3ccccc3)c(=O)oc2c1. The quantitative estimate of drug-likeness (QED) is 0.693. The van der Waals surface area contributed by atoms with E-state index in [9.17, 15) is 14.7 Å². The van der Waals surface area contributed by atoms with Gasteiger partial charge in [0.2, 0.25) is 5.91 Å². The molecule has 0 radical (unpaired) electrons. The number of phenolic OH excluding ortho intramolecular Hbond substituents is 1. The van der Waals surface area contributed by atoms with Crippen LogP contribution in [0.1, 0.15) is 22.3 Å². The highest BCUT2D eigenvalue weighted by molar-refractivity contribution is 5.89. The smallest absolute Gasteiger partial charge is 0.340 e. The van der Waals surface area contributed by atoms with Crippen LogP contribution in [0, 0.1) is 13.8 Å². The van der Waals surface area contributed by atoms with Crippen molar-refractivity contribution in [1.82, 2.24) is 5.32 Å². The van der Waals surface area contributed by atoms with Gasteiger partial charge in [0.1, 0.15) is 11.3 Å². The number of hydrogen-bond acceptors (Lipinski definition) is 4. The Morgan fingerprint density at radius 1 is 1.15 bits per heavy atom. The minimum atomic E-state index is -0.543. The molecular weight excluding hydrogens is 330 g/mol. The molecule has 3 aromatic rings. The summed E-state index contributed by atoms with van der Waals surface area (Å²) in [6.45, 7) is 4.02. The standard InChI is InChI=1S/C21H21NO4/c1-13-10-17(23)20-14(2)16(21(25)26-18(20)11-13)12-19(24)22-9-8-15-6-4-3-5-7-15/h3-7,10-11,23H,8-9,12H2,1-2H3,(H,22,24). The Morgan fingerprint density at radius 2 is 1.88 bits per heavy atom. The zero-order valence-corrected chi connectivity index (χ0v) is 14.8. The molecule has 0 bridgehead atoms. The summed E-state index contributed by atoms with van der Waals surface area (Å²) in [5, 5.41) is 13.5. The average molecular weight is 351 g/mol. The maximum atomic E-state index is 12.3. The van der Waals surface area contributed by atoms with Crippen LogP contribution in [0.25, 0.3) is 11.0 Å². The third kappa shape index (κ3) is 3.77. The van der Waals surface area contributed by atoms with Gasteiger partial charge in [0.05, 0.1) is 17.4 Å². The van der Waals surface area contributed by atoms with E-state index in [1.165, 1.54) is 0 Å². The molecule has 0 atom stereocenters. The molecule has 5 nitrogen and oxygen atoms in total. The van der Waals surface area contributed by atoms with Crippen molar-refractivity contribution in [2.45, 2.75) is 26.7 Å². The molecule has 2 N–H and O–H groups in total. The lowest BCUT2D eigenvalue weighted by molar-refractivity contribution is -0.120. The number of aromatic hydroxyl groups is 1. The van der Waals surface area contributed by atoms with Crippen molar-refractivity contribution in [2.75, 3.05) is 6.54 Å². The number of phenols is 1. The normalized spacial score (nSPS) is 10.8. The molecule has 0 unspecified atom stereocenters. The lowest BCUT2D eigenvalue weighted by atomic mass is 10.0. The van der Waals surface area contributed by atoms with Gasteiger partial charge in [0.25, 0.3) is 0 Å². The van der Waals surface area contributed by atoms with E-state index >= 15 is 0 Å². The van der Waals surface area contributed by atoms with E-state index in [4.69, 9.17) is 4.42 Å². The number of fused-ring (bicyclic) bond motifs is 1. The van der Waals surface area contributed by atoms with Crippen molar-refractivity contribution < 1.29 is 14.3 Å². The van der Waals surface area contributed by atoms with Crippen LogP contribution in [0.4, 0.5) is 0 Å². The fourth-order valence-corrected chi connectivity index (χ4v) is 3.08. The molecule has 0 fully saturated rings. The van der Waals surface area contributed by atoms with Crippen molar-refractivity contribution >= 4 is 16.9 Å². The van der Waals surface area contributed by atoms with Gasteiger partial charge < -0.3 is 14.8 Å². The van der Waals surface area contributed by atoms with Crippen LogP contribution in [0.2, 0.25) is 0 Å². The maximum absolute atomic E-state index is 12.3. The van der Waals surface area contributed by atoms with Gasteiger partial charge in [-0.3, -0.25) is 4.79 Å². The molecule has 1 heterocycles. The van der Waals surface area contributed by atoms with E-state index in [0.717, 1.165) is 17.5 Å². The monoisotopic (exact) mass is 351 g/mol. The van der Waals surface area contributed by atoms with Crippen LogP contribution in [0.15, 0.2) is 51.7 Å². The van der Waals surface area contributed by atoms with Crippen molar-refractivity contribution in [3.63, 3.8) is 0 Å². The van der Waals surface area contributed by atoms with Crippen LogP contribution in [-0.4, -0.2) is 17.6 Å². The van der Waals surface area contributed by atoms with Gasteiger partial charge in [-0.05, 0) is 49.1 Å². The van der Waals surface area contributed by atoms with Crippen LogP contribution >= 0.6 is 0 Å². The van der Waals surface area contributed by atoms with E-state index < -0.39 is 5.63 Å². The van der Waals surface area contributed by atoms with Gasteiger partial charge in [-0.15, -0.1) is 0 Å². The molecule has 0 spiro atoms. The number of benzene rings is 2. The first-order chi connectivity index (χ1) is 12.5. The van der Waals surface area contributed by atoms with E-state index in [2.05, 4.69) is 5.32 Å². The van der Waals surface area contributed by atoms with Gasteiger partial charge in [0.15, 0.2) is 0 Å². The minimum absolute atomic E-state index is 0.0481. The van der Waals surface area contributed by atoms with Crippen molar-refractivity contribution in [1.29, 1.82) is 0 Å². The second kappa shape index (κ2) is 7.44. The number of aryl methyl sites for hydroxylation is 2. The maximum Gasteiger partial charge on any atom is 0.340 e. The molecule has 5 heteroatoms. The third-order valence-corrected chi connectivity index (χ3v) is 4.42. The molecule has 0 aliphatic rings. The number of carbonyl (C=O) groups excluding carboxylic acids is 1. The second-order valence-corrected chi connectivity index (χ2v) is 6.41. The molecule has 0 aliphatic carbocycles. The number of carbonyl (C=O) groups is 1. The zero-order valence-electron chi connectivity index (χ0n) is 14.8. The van der Waals surface area contributed by atoms with Crippen molar-refractivity contribution in [3.8, 4) is 5.75 Å².